The van der Waals surface area contributed by atoms with Crippen LogP contribution in [0.2, 0.25) is 0 Å². The van der Waals surface area contributed by atoms with Gasteiger partial charge in [0.05, 0.1) is 17.0 Å². The number of carbonyl (C=O) groups is 1. The van der Waals surface area contributed by atoms with Gasteiger partial charge in [0.15, 0.2) is 5.16 Å². The summed E-state index contributed by atoms with van der Waals surface area (Å²) in [5.41, 5.74) is 3.53. The Balaban J connectivity index is 1.65. The molecule has 2 aromatic heterocycles. The summed E-state index contributed by atoms with van der Waals surface area (Å²) in [6.45, 7) is 4.00. The van der Waals surface area contributed by atoms with Crippen molar-refractivity contribution < 1.29 is 4.79 Å². The van der Waals surface area contributed by atoms with Gasteiger partial charge in [-0.2, -0.15) is 0 Å². The maximum atomic E-state index is 13.3. The van der Waals surface area contributed by atoms with Crippen LogP contribution < -0.4 is 10.9 Å². The van der Waals surface area contributed by atoms with Gasteiger partial charge in [-0.25, -0.2) is 4.98 Å². The Labute approximate surface area is 178 Å². The highest BCUT2D eigenvalue weighted by atomic mass is 32.2. The number of nitrogens with one attached hydrogen (secondary N) is 1. The Morgan fingerprint density at radius 2 is 2.03 bits per heavy atom. The number of fused-ring (bicyclic) bond motifs is 1. The second kappa shape index (κ2) is 8.71. The largest absolute Gasteiger partial charge is 0.353 e. The fourth-order valence-corrected chi connectivity index (χ4v) is 5.38. The Morgan fingerprint density at radius 3 is 2.83 bits per heavy atom. The van der Waals surface area contributed by atoms with Crippen molar-refractivity contribution in [3.63, 3.8) is 0 Å². The van der Waals surface area contributed by atoms with E-state index in [9.17, 15) is 9.59 Å². The first-order valence-corrected chi connectivity index (χ1v) is 11.9. The van der Waals surface area contributed by atoms with Crippen LogP contribution in [0.3, 0.4) is 0 Å². The number of aryl methyl sites for hydroxylation is 2. The average molecular weight is 428 g/mol. The Kier molecular flexibility index (Phi) is 6.06. The van der Waals surface area contributed by atoms with E-state index in [1.54, 1.807) is 4.57 Å². The van der Waals surface area contributed by atoms with Gasteiger partial charge in [-0.05, 0) is 55.3 Å². The fourth-order valence-electron chi connectivity index (χ4n) is 3.81. The van der Waals surface area contributed by atoms with Gasteiger partial charge >= 0.3 is 0 Å². The first-order valence-electron chi connectivity index (χ1n) is 10.0. The van der Waals surface area contributed by atoms with Crippen LogP contribution in [-0.2, 0) is 4.79 Å². The van der Waals surface area contributed by atoms with E-state index < -0.39 is 0 Å². The maximum Gasteiger partial charge on any atom is 0.276 e. The molecule has 29 heavy (non-hydrogen) atoms. The molecule has 1 N–H and O–H groups in total. The summed E-state index contributed by atoms with van der Waals surface area (Å²) in [6.07, 6.45) is 5.74. The van der Waals surface area contributed by atoms with Crippen LogP contribution in [0.25, 0.3) is 15.9 Å². The molecule has 1 fully saturated rings. The number of benzene rings is 1. The van der Waals surface area contributed by atoms with Gasteiger partial charge in [0.25, 0.3) is 5.56 Å². The highest BCUT2D eigenvalue weighted by Gasteiger charge is 2.19. The predicted octanol–water partition coefficient (Wildman–Crippen LogP) is 4.61. The lowest BCUT2D eigenvalue weighted by Crippen LogP contribution is -2.37. The number of nitrogens with zero attached hydrogens (tertiary/aromatic N) is 2. The lowest BCUT2D eigenvalue weighted by atomic mass is 9.95. The summed E-state index contributed by atoms with van der Waals surface area (Å²) in [4.78, 5) is 30.5. The first kappa shape index (κ1) is 20.2. The van der Waals surface area contributed by atoms with Crippen LogP contribution in [-0.4, -0.2) is 27.3 Å². The molecule has 0 bridgehead atoms. The molecule has 1 aliphatic carbocycles. The fraction of sp³-hybridized carbons (Fsp3) is 0.409. The van der Waals surface area contributed by atoms with Crippen molar-refractivity contribution in [2.75, 3.05) is 5.75 Å². The van der Waals surface area contributed by atoms with Crippen LogP contribution in [0.4, 0.5) is 0 Å². The molecule has 0 unspecified atom stereocenters. The molecule has 2 heterocycles. The molecule has 1 aliphatic rings. The molecule has 7 heteroatoms. The molecule has 1 amide bonds. The number of amides is 1. The molecular weight excluding hydrogens is 402 g/mol. The Bertz CT molecular complexity index is 1100. The van der Waals surface area contributed by atoms with Crippen molar-refractivity contribution in [2.45, 2.75) is 57.1 Å². The first-order chi connectivity index (χ1) is 14.0. The average Bonchev–Trinajstić information content (AvgIpc) is 3.18. The molecule has 0 aliphatic heterocycles. The number of aromatic nitrogens is 2. The van der Waals surface area contributed by atoms with E-state index in [-0.39, 0.29) is 23.3 Å². The second-order valence-corrected chi connectivity index (χ2v) is 9.51. The van der Waals surface area contributed by atoms with E-state index in [4.69, 9.17) is 4.98 Å². The number of carbonyl (C=O) groups excluding carboxylic acids is 1. The summed E-state index contributed by atoms with van der Waals surface area (Å²) in [5, 5.41) is 5.59. The topological polar surface area (TPSA) is 64.0 Å². The molecule has 3 aromatic rings. The summed E-state index contributed by atoms with van der Waals surface area (Å²) in [7, 11) is 0. The minimum atomic E-state index is -0.0751. The van der Waals surface area contributed by atoms with E-state index in [1.165, 1.54) is 42.4 Å². The van der Waals surface area contributed by atoms with E-state index in [2.05, 4.69) is 5.32 Å². The zero-order chi connectivity index (χ0) is 20.4. The van der Waals surface area contributed by atoms with Crippen molar-refractivity contribution in [1.29, 1.82) is 0 Å². The lowest BCUT2D eigenvalue weighted by molar-refractivity contribution is -0.119. The van der Waals surface area contributed by atoms with Crippen LogP contribution in [0, 0.1) is 13.8 Å². The van der Waals surface area contributed by atoms with Crippen molar-refractivity contribution in [3.05, 3.63) is 51.1 Å². The monoisotopic (exact) mass is 427 g/mol. The summed E-state index contributed by atoms with van der Waals surface area (Å²) in [5.74, 6) is 0.262. The molecule has 0 spiro atoms. The zero-order valence-electron chi connectivity index (χ0n) is 16.7. The normalized spacial score (nSPS) is 15.0. The Hall–Kier alpha value is -2.12. The van der Waals surface area contributed by atoms with Crippen LogP contribution in [0.1, 0.15) is 43.2 Å². The smallest absolute Gasteiger partial charge is 0.276 e. The number of hydrogen-bond acceptors (Lipinski definition) is 5. The van der Waals surface area contributed by atoms with Gasteiger partial charge in [-0.15, -0.1) is 11.3 Å². The molecular formula is C22H25N3O2S2. The summed E-state index contributed by atoms with van der Waals surface area (Å²) >= 11 is 2.73. The molecule has 1 saturated carbocycles. The number of hydrogen-bond donors (Lipinski definition) is 1. The van der Waals surface area contributed by atoms with E-state index in [1.807, 2.05) is 43.5 Å². The summed E-state index contributed by atoms with van der Waals surface area (Å²) in [6, 6.07) is 8.20. The van der Waals surface area contributed by atoms with Crippen molar-refractivity contribution in [2.24, 2.45) is 0 Å². The van der Waals surface area contributed by atoms with Crippen molar-refractivity contribution >= 4 is 39.2 Å². The van der Waals surface area contributed by atoms with Gasteiger partial charge in [0.2, 0.25) is 5.91 Å². The zero-order valence-corrected chi connectivity index (χ0v) is 18.4. The van der Waals surface area contributed by atoms with Crippen molar-refractivity contribution in [1.82, 2.24) is 14.9 Å². The molecule has 152 valence electrons. The molecule has 4 rings (SSSR count). The number of thiophene rings is 1. The molecule has 1 aromatic carbocycles. The minimum Gasteiger partial charge on any atom is -0.353 e. The third-order valence-electron chi connectivity index (χ3n) is 5.36. The third kappa shape index (κ3) is 4.41. The van der Waals surface area contributed by atoms with Crippen LogP contribution >= 0.6 is 23.1 Å². The number of rotatable bonds is 5. The molecule has 0 saturated heterocycles. The SMILES string of the molecule is Cc1ccc(C)c(-n2c(SCC(=O)NC3CCCCC3)nc3ccsc3c2=O)c1. The summed E-state index contributed by atoms with van der Waals surface area (Å²) < 4.78 is 2.31. The van der Waals surface area contributed by atoms with Gasteiger partial charge in [0, 0.05) is 6.04 Å². The molecule has 5 nitrogen and oxygen atoms in total. The maximum absolute atomic E-state index is 13.3. The quantitative estimate of drug-likeness (QED) is 0.477. The van der Waals surface area contributed by atoms with Crippen LogP contribution in [0.15, 0.2) is 39.6 Å². The van der Waals surface area contributed by atoms with Crippen molar-refractivity contribution in [3.8, 4) is 5.69 Å². The Morgan fingerprint density at radius 1 is 1.24 bits per heavy atom. The predicted molar refractivity (Wildman–Crippen MR) is 120 cm³/mol. The van der Waals surface area contributed by atoms with E-state index >= 15 is 0 Å². The van der Waals surface area contributed by atoms with E-state index in [0.29, 0.717) is 15.4 Å². The van der Waals surface area contributed by atoms with Gasteiger partial charge < -0.3 is 5.32 Å². The molecule has 0 atom stereocenters. The minimum absolute atomic E-state index is 0.00841. The second-order valence-electron chi connectivity index (χ2n) is 7.65. The third-order valence-corrected chi connectivity index (χ3v) is 7.19. The van der Waals surface area contributed by atoms with Gasteiger partial charge in [-0.1, -0.05) is 43.2 Å². The number of thioether (sulfide) groups is 1. The lowest BCUT2D eigenvalue weighted by Gasteiger charge is -2.22. The van der Waals surface area contributed by atoms with Gasteiger partial charge in [-0.3, -0.25) is 14.2 Å². The van der Waals surface area contributed by atoms with Crippen LogP contribution in [0.5, 0.6) is 0 Å². The van der Waals surface area contributed by atoms with Gasteiger partial charge in [0.1, 0.15) is 4.70 Å². The highest BCUT2D eigenvalue weighted by molar-refractivity contribution is 7.99. The van der Waals surface area contributed by atoms with E-state index in [0.717, 1.165) is 29.7 Å². The molecule has 0 radical (unpaired) electrons. The standard InChI is InChI=1S/C22H25N3O2S2/c1-14-8-9-15(2)18(12-14)25-21(27)20-17(10-11-28-20)24-22(25)29-13-19(26)23-16-6-4-3-5-7-16/h8-12,16H,3-7,13H2,1-2H3,(H,23,26). The highest BCUT2D eigenvalue weighted by Crippen LogP contribution is 2.26.